The predicted molar refractivity (Wildman–Crippen MR) is 64.4 cm³/mol. The first-order valence-electron chi connectivity index (χ1n) is 5.66. The molecule has 0 bridgehead atoms. The minimum Gasteiger partial charge on any atom is -0.357 e. The van der Waals surface area contributed by atoms with Gasteiger partial charge in [0.2, 0.25) is 11.8 Å². The van der Waals surface area contributed by atoms with E-state index in [1.165, 1.54) is 6.92 Å². The number of benzene rings is 1. The molecular formula is C13H16N2O2. The molecule has 0 saturated heterocycles. The van der Waals surface area contributed by atoms with Crippen LogP contribution in [-0.2, 0) is 9.59 Å². The quantitative estimate of drug-likeness (QED) is 0.809. The molecule has 0 radical (unpaired) electrons. The first kappa shape index (κ1) is 11.6. The number of hydrogen-bond acceptors (Lipinski definition) is 2. The van der Waals surface area contributed by atoms with Crippen molar-refractivity contribution in [1.29, 1.82) is 0 Å². The second-order valence-corrected chi connectivity index (χ2v) is 4.40. The van der Waals surface area contributed by atoms with Gasteiger partial charge in [-0.25, -0.2) is 0 Å². The number of amides is 2. The van der Waals surface area contributed by atoms with Gasteiger partial charge in [-0.2, -0.15) is 0 Å². The van der Waals surface area contributed by atoms with Gasteiger partial charge in [0.25, 0.3) is 0 Å². The molecule has 4 heteroatoms. The maximum absolute atomic E-state index is 11.9. The summed E-state index contributed by atoms with van der Waals surface area (Å²) in [6.07, 6.45) is 0.663. The van der Waals surface area contributed by atoms with Crippen LogP contribution in [0.1, 0.15) is 24.8 Å². The smallest absolute Gasteiger partial charge is 0.246 e. The lowest BCUT2D eigenvalue weighted by Crippen LogP contribution is -2.48. The molecule has 1 saturated carbocycles. The van der Waals surface area contributed by atoms with E-state index in [2.05, 4.69) is 10.6 Å². The molecule has 17 heavy (non-hydrogen) atoms. The van der Waals surface area contributed by atoms with E-state index < -0.39 is 5.54 Å². The van der Waals surface area contributed by atoms with E-state index in [9.17, 15) is 9.59 Å². The van der Waals surface area contributed by atoms with Gasteiger partial charge in [0.15, 0.2) is 0 Å². The summed E-state index contributed by atoms with van der Waals surface area (Å²) >= 11 is 0. The highest BCUT2D eigenvalue weighted by Gasteiger charge is 2.61. The van der Waals surface area contributed by atoms with E-state index in [1.807, 2.05) is 30.3 Å². The molecule has 0 aliphatic heterocycles. The van der Waals surface area contributed by atoms with E-state index in [4.69, 9.17) is 0 Å². The van der Waals surface area contributed by atoms with Crippen LogP contribution in [0.5, 0.6) is 0 Å². The fourth-order valence-electron chi connectivity index (χ4n) is 2.33. The van der Waals surface area contributed by atoms with Crippen LogP contribution in [0.4, 0.5) is 0 Å². The van der Waals surface area contributed by atoms with Gasteiger partial charge in [0.1, 0.15) is 5.54 Å². The summed E-state index contributed by atoms with van der Waals surface area (Å²) in [7, 11) is 1.59. The lowest BCUT2D eigenvalue weighted by Gasteiger charge is -2.16. The fourth-order valence-corrected chi connectivity index (χ4v) is 2.33. The topological polar surface area (TPSA) is 58.2 Å². The van der Waals surface area contributed by atoms with Crippen molar-refractivity contribution in [2.24, 2.45) is 0 Å². The van der Waals surface area contributed by atoms with Crippen molar-refractivity contribution in [2.75, 3.05) is 7.05 Å². The summed E-state index contributed by atoms with van der Waals surface area (Å²) in [5.41, 5.74) is 0.340. The molecule has 0 aromatic heterocycles. The lowest BCUT2D eigenvalue weighted by molar-refractivity contribution is -0.129. The van der Waals surface area contributed by atoms with Crippen LogP contribution in [0.3, 0.4) is 0 Å². The zero-order valence-corrected chi connectivity index (χ0v) is 9.99. The Morgan fingerprint density at radius 2 is 1.94 bits per heavy atom. The molecule has 0 spiro atoms. The Morgan fingerprint density at radius 3 is 2.47 bits per heavy atom. The van der Waals surface area contributed by atoms with Gasteiger partial charge >= 0.3 is 0 Å². The Morgan fingerprint density at radius 1 is 1.29 bits per heavy atom. The van der Waals surface area contributed by atoms with Gasteiger partial charge in [-0.05, 0) is 12.0 Å². The van der Waals surface area contributed by atoms with Crippen LogP contribution in [0.25, 0.3) is 0 Å². The van der Waals surface area contributed by atoms with Crippen LogP contribution >= 0.6 is 0 Å². The molecule has 1 aromatic rings. The Bertz CT molecular complexity index is 444. The SMILES string of the molecule is CNC(=O)C1(NC(C)=O)CC1c1ccccc1. The average molecular weight is 232 g/mol. The Hall–Kier alpha value is -1.84. The standard InChI is InChI=1S/C13H16N2O2/c1-9(16)15-13(12(17)14-2)8-11(13)10-6-4-3-5-7-10/h3-7,11H,8H2,1-2H3,(H,14,17)(H,15,16). The number of rotatable bonds is 3. The van der Waals surface area contributed by atoms with Gasteiger partial charge in [-0.15, -0.1) is 0 Å². The van der Waals surface area contributed by atoms with E-state index in [1.54, 1.807) is 7.05 Å². The number of carbonyl (C=O) groups excluding carboxylic acids is 2. The van der Waals surface area contributed by atoms with Crippen molar-refractivity contribution in [3.8, 4) is 0 Å². The van der Waals surface area contributed by atoms with Gasteiger partial charge in [-0.1, -0.05) is 30.3 Å². The number of carbonyl (C=O) groups is 2. The highest BCUT2D eigenvalue weighted by molar-refractivity contribution is 5.95. The van der Waals surface area contributed by atoms with E-state index in [0.29, 0.717) is 6.42 Å². The van der Waals surface area contributed by atoms with Crippen LogP contribution in [0.2, 0.25) is 0 Å². The van der Waals surface area contributed by atoms with Crippen molar-refractivity contribution in [3.63, 3.8) is 0 Å². The molecule has 2 rings (SSSR count). The predicted octanol–water partition coefficient (Wildman–Crippen LogP) is 0.795. The van der Waals surface area contributed by atoms with Crippen LogP contribution in [0.15, 0.2) is 30.3 Å². The molecule has 2 atom stereocenters. The highest BCUT2D eigenvalue weighted by atomic mass is 16.2. The molecule has 2 amide bonds. The lowest BCUT2D eigenvalue weighted by atomic mass is 10.1. The highest BCUT2D eigenvalue weighted by Crippen LogP contribution is 2.51. The Balaban J connectivity index is 2.23. The summed E-state index contributed by atoms with van der Waals surface area (Å²) in [6, 6.07) is 9.78. The first-order valence-corrected chi connectivity index (χ1v) is 5.66. The second kappa shape index (κ2) is 4.20. The minimum absolute atomic E-state index is 0.0764. The van der Waals surface area contributed by atoms with E-state index in [0.717, 1.165) is 5.56 Å². The maximum Gasteiger partial charge on any atom is 0.246 e. The molecule has 0 heterocycles. The third-order valence-corrected chi connectivity index (χ3v) is 3.19. The summed E-state index contributed by atoms with van der Waals surface area (Å²) in [5, 5.41) is 5.40. The van der Waals surface area contributed by atoms with Crippen molar-refractivity contribution < 1.29 is 9.59 Å². The number of hydrogen-bond donors (Lipinski definition) is 2. The molecule has 2 unspecified atom stereocenters. The van der Waals surface area contributed by atoms with Crippen molar-refractivity contribution in [2.45, 2.75) is 24.8 Å². The van der Waals surface area contributed by atoms with E-state index in [-0.39, 0.29) is 17.7 Å². The van der Waals surface area contributed by atoms with Crippen LogP contribution < -0.4 is 10.6 Å². The Labute approximate surface area is 100 Å². The Kier molecular flexibility index (Phi) is 2.88. The van der Waals surface area contributed by atoms with Gasteiger partial charge < -0.3 is 10.6 Å². The van der Waals surface area contributed by atoms with Crippen molar-refractivity contribution in [1.82, 2.24) is 10.6 Å². The summed E-state index contributed by atoms with van der Waals surface area (Å²) in [4.78, 5) is 23.1. The monoisotopic (exact) mass is 232 g/mol. The fraction of sp³-hybridized carbons (Fsp3) is 0.385. The number of nitrogens with one attached hydrogen (secondary N) is 2. The average Bonchev–Trinajstić information content (AvgIpc) is 3.04. The molecule has 1 aliphatic carbocycles. The van der Waals surface area contributed by atoms with Gasteiger partial charge in [-0.3, -0.25) is 9.59 Å². The van der Waals surface area contributed by atoms with Gasteiger partial charge in [0, 0.05) is 19.9 Å². The first-order chi connectivity index (χ1) is 8.10. The van der Waals surface area contributed by atoms with Crippen LogP contribution in [-0.4, -0.2) is 24.4 Å². The second-order valence-electron chi connectivity index (χ2n) is 4.40. The zero-order valence-electron chi connectivity index (χ0n) is 9.99. The van der Waals surface area contributed by atoms with Crippen molar-refractivity contribution in [3.05, 3.63) is 35.9 Å². The number of likely N-dealkylation sites (N-methyl/N-ethyl adjacent to an activating group) is 1. The molecule has 90 valence electrons. The molecule has 1 aromatic carbocycles. The molecule has 4 nitrogen and oxygen atoms in total. The molecular weight excluding hydrogens is 216 g/mol. The summed E-state index contributed by atoms with van der Waals surface area (Å²) < 4.78 is 0. The van der Waals surface area contributed by atoms with Gasteiger partial charge in [0.05, 0.1) is 0 Å². The third kappa shape index (κ3) is 2.02. The maximum atomic E-state index is 11.9. The third-order valence-electron chi connectivity index (χ3n) is 3.19. The van der Waals surface area contributed by atoms with E-state index >= 15 is 0 Å². The largest absolute Gasteiger partial charge is 0.357 e. The summed E-state index contributed by atoms with van der Waals surface area (Å²) in [6.45, 7) is 1.44. The summed E-state index contributed by atoms with van der Waals surface area (Å²) in [5.74, 6) is -0.221. The molecule has 1 aliphatic rings. The normalized spacial score (nSPS) is 26.1. The zero-order chi connectivity index (χ0) is 12.5. The van der Waals surface area contributed by atoms with Crippen LogP contribution in [0, 0.1) is 0 Å². The van der Waals surface area contributed by atoms with Crippen molar-refractivity contribution >= 4 is 11.8 Å². The minimum atomic E-state index is -0.748. The molecule has 2 N–H and O–H groups in total. The molecule has 1 fully saturated rings.